The van der Waals surface area contributed by atoms with Crippen molar-refractivity contribution >= 4 is 11.8 Å². The highest BCUT2D eigenvalue weighted by Gasteiger charge is 2.44. The number of carboxylic acids is 1. The van der Waals surface area contributed by atoms with E-state index in [0.29, 0.717) is 18.9 Å². The van der Waals surface area contributed by atoms with Crippen LogP contribution in [0.1, 0.15) is 29.7 Å². The van der Waals surface area contributed by atoms with Crippen LogP contribution >= 0.6 is 0 Å². The second-order valence-corrected chi connectivity index (χ2v) is 6.94. The van der Waals surface area contributed by atoms with Gasteiger partial charge in [-0.25, -0.2) is 0 Å². The molecule has 1 aliphatic rings. The van der Waals surface area contributed by atoms with Gasteiger partial charge in [0, 0.05) is 13.1 Å². The fourth-order valence-corrected chi connectivity index (χ4v) is 3.51. The number of carboxylic acid groups (broad SMARTS) is 1. The first-order chi connectivity index (χ1) is 12.7. The molecule has 5 nitrogen and oxygen atoms in total. The van der Waals surface area contributed by atoms with Crippen LogP contribution in [0.4, 0.5) is 19.0 Å². The van der Waals surface area contributed by atoms with Crippen molar-refractivity contribution in [2.75, 3.05) is 18.0 Å². The van der Waals surface area contributed by atoms with Gasteiger partial charge in [0.2, 0.25) is 0 Å². The van der Waals surface area contributed by atoms with E-state index in [4.69, 9.17) is 0 Å². The quantitative estimate of drug-likeness (QED) is 0.877. The number of aliphatic carboxylic acids is 1. The topological polar surface area (TPSA) is 66.3 Å². The third kappa shape index (κ3) is 4.04. The maximum Gasteiger partial charge on any atom is 0.416 e. The molecule has 1 aromatic carbocycles. The maximum atomic E-state index is 13.3. The summed E-state index contributed by atoms with van der Waals surface area (Å²) in [5.74, 6) is -0.413. The van der Waals surface area contributed by atoms with E-state index in [1.165, 1.54) is 18.2 Å². The number of aryl methyl sites for hydroxylation is 1. The molecule has 2 aromatic rings. The smallest absolute Gasteiger partial charge is 0.416 e. The lowest BCUT2D eigenvalue weighted by molar-refractivity contribution is -0.151. The zero-order chi connectivity index (χ0) is 19.7. The number of piperidine rings is 1. The fourth-order valence-electron chi connectivity index (χ4n) is 3.51. The molecule has 1 fully saturated rings. The molecule has 0 spiro atoms. The third-order valence-corrected chi connectivity index (χ3v) is 5.13. The van der Waals surface area contributed by atoms with E-state index in [9.17, 15) is 23.1 Å². The van der Waals surface area contributed by atoms with Crippen LogP contribution < -0.4 is 4.90 Å². The summed E-state index contributed by atoms with van der Waals surface area (Å²) in [4.78, 5) is 13.9. The summed E-state index contributed by atoms with van der Waals surface area (Å²) in [6.07, 6.45) is -4.17. The average molecular weight is 379 g/mol. The van der Waals surface area contributed by atoms with Gasteiger partial charge in [-0.15, -0.1) is 5.10 Å². The molecule has 0 aliphatic carbocycles. The Morgan fingerprint density at radius 3 is 2.37 bits per heavy atom. The summed E-state index contributed by atoms with van der Waals surface area (Å²) < 4.78 is 39.8. The van der Waals surface area contributed by atoms with Crippen molar-refractivity contribution < 1.29 is 23.1 Å². The molecule has 3 rings (SSSR count). The van der Waals surface area contributed by atoms with Gasteiger partial charge in [-0.2, -0.15) is 18.3 Å². The van der Waals surface area contributed by atoms with Crippen LogP contribution in [0.15, 0.2) is 36.4 Å². The minimum absolute atomic E-state index is 0.0241. The van der Waals surface area contributed by atoms with Gasteiger partial charge >= 0.3 is 12.1 Å². The average Bonchev–Trinajstić information content (AvgIpc) is 2.62. The van der Waals surface area contributed by atoms with E-state index >= 15 is 0 Å². The Kier molecular flexibility index (Phi) is 5.08. The zero-order valence-corrected chi connectivity index (χ0v) is 14.8. The summed E-state index contributed by atoms with van der Waals surface area (Å²) >= 11 is 0. The van der Waals surface area contributed by atoms with Crippen molar-refractivity contribution in [3.8, 4) is 0 Å². The van der Waals surface area contributed by atoms with E-state index in [1.807, 2.05) is 24.0 Å². The number of hydrogen-bond donors (Lipinski definition) is 1. The van der Waals surface area contributed by atoms with Crippen molar-refractivity contribution in [1.29, 1.82) is 0 Å². The van der Waals surface area contributed by atoms with Crippen LogP contribution in [-0.2, 0) is 17.4 Å². The number of benzene rings is 1. The Balaban J connectivity index is 1.81. The van der Waals surface area contributed by atoms with Gasteiger partial charge in [-0.05, 0) is 49.9 Å². The molecule has 144 valence electrons. The minimum Gasteiger partial charge on any atom is -0.481 e. The molecule has 1 aliphatic heterocycles. The monoisotopic (exact) mass is 379 g/mol. The lowest BCUT2D eigenvalue weighted by Crippen LogP contribution is -2.46. The number of halogens is 3. The van der Waals surface area contributed by atoms with Gasteiger partial charge in [0.1, 0.15) is 0 Å². The molecular formula is C19H20F3N3O2. The normalized spacial score (nSPS) is 17.0. The third-order valence-electron chi connectivity index (χ3n) is 5.13. The lowest BCUT2D eigenvalue weighted by Gasteiger charge is -2.39. The molecule has 0 atom stereocenters. The first kappa shape index (κ1) is 19.1. The zero-order valence-electron chi connectivity index (χ0n) is 14.8. The Hall–Kier alpha value is -2.64. The first-order valence-corrected chi connectivity index (χ1v) is 8.65. The van der Waals surface area contributed by atoms with E-state index in [1.54, 1.807) is 0 Å². The number of alkyl halides is 3. The highest BCUT2D eigenvalue weighted by Crippen LogP contribution is 2.40. The molecule has 0 bridgehead atoms. The Morgan fingerprint density at radius 2 is 1.81 bits per heavy atom. The van der Waals surface area contributed by atoms with Crippen molar-refractivity contribution in [3.05, 3.63) is 53.2 Å². The predicted octanol–water partition coefficient (Wildman–Crippen LogP) is 3.72. The van der Waals surface area contributed by atoms with Gasteiger partial charge in [0.15, 0.2) is 5.82 Å². The number of carbonyl (C=O) groups is 1. The predicted molar refractivity (Wildman–Crippen MR) is 93.4 cm³/mol. The van der Waals surface area contributed by atoms with Crippen molar-refractivity contribution in [1.82, 2.24) is 10.2 Å². The molecular weight excluding hydrogens is 359 g/mol. The minimum atomic E-state index is -4.51. The van der Waals surface area contributed by atoms with Gasteiger partial charge < -0.3 is 10.0 Å². The van der Waals surface area contributed by atoms with Crippen LogP contribution in [0, 0.1) is 12.3 Å². The first-order valence-electron chi connectivity index (χ1n) is 8.65. The van der Waals surface area contributed by atoms with Gasteiger partial charge in [0.05, 0.1) is 16.7 Å². The number of hydrogen-bond acceptors (Lipinski definition) is 4. The van der Waals surface area contributed by atoms with Crippen LogP contribution in [0.25, 0.3) is 0 Å². The van der Waals surface area contributed by atoms with E-state index < -0.39 is 23.1 Å². The van der Waals surface area contributed by atoms with Crippen LogP contribution in [-0.4, -0.2) is 34.4 Å². The molecule has 2 heterocycles. The summed E-state index contributed by atoms with van der Waals surface area (Å²) in [6.45, 7) is 2.62. The molecule has 27 heavy (non-hydrogen) atoms. The van der Waals surface area contributed by atoms with E-state index in [0.717, 1.165) is 11.8 Å². The molecule has 0 radical (unpaired) electrons. The second kappa shape index (κ2) is 7.17. The molecule has 0 unspecified atom stereocenters. The fraction of sp³-hybridized carbons (Fsp3) is 0.421. The molecule has 0 amide bonds. The Labute approximate surface area is 154 Å². The van der Waals surface area contributed by atoms with E-state index in [-0.39, 0.29) is 24.8 Å². The summed E-state index contributed by atoms with van der Waals surface area (Å²) in [6, 6.07) is 8.83. The van der Waals surface area contributed by atoms with Crippen LogP contribution in [0.5, 0.6) is 0 Å². The summed E-state index contributed by atoms with van der Waals surface area (Å²) in [5.41, 5.74) is -1.19. The SMILES string of the molecule is Cc1ccc(N2CCC(Cc3ccccc3C(F)(F)F)(C(=O)O)CC2)nn1. The Morgan fingerprint density at radius 1 is 1.15 bits per heavy atom. The molecule has 0 saturated carbocycles. The van der Waals surface area contributed by atoms with Gasteiger partial charge in [-0.3, -0.25) is 4.79 Å². The van der Waals surface area contributed by atoms with Crippen molar-refractivity contribution in [3.63, 3.8) is 0 Å². The number of anilines is 1. The lowest BCUT2D eigenvalue weighted by atomic mass is 9.73. The summed E-state index contributed by atoms with van der Waals surface area (Å²) in [7, 11) is 0. The van der Waals surface area contributed by atoms with Gasteiger partial charge in [0.25, 0.3) is 0 Å². The molecule has 8 heteroatoms. The molecule has 1 N–H and O–H groups in total. The molecule has 1 aromatic heterocycles. The Bertz CT molecular complexity index is 814. The standard InChI is InChI=1S/C19H20F3N3O2/c1-13-6-7-16(24-23-13)25-10-8-18(9-11-25,17(26)27)12-14-4-2-3-5-15(14)19(20,21)22/h2-7H,8-12H2,1H3,(H,26,27). The highest BCUT2D eigenvalue weighted by molar-refractivity contribution is 5.75. The number of aromatic nitrogens is 2. The number of nitrogens with zero attached hydrogens (tertiary/aromatic N) is 3. The van der Waals surface area contributed by atoms with Crippen molar-refractivity contribution in [2.24, 2.45) is 5.41 Å². The van der Waals surface area contributed by atoms with Crippen molar-refractivity contribution in [2.45, 2.75) is 32.4 Å². The van der Waals surface area contributed by atoms with Crippen LogP contribution in [0.3, 0.4) is 0 Å². The molecule has 1 saturated heterocycles. The van der Waals surface area contributed by atoms with Crippen LogP contribution in [0.2, 0.25) is 0 Å². The maximum absolute atomic E-state index is 13.3. The highest BCUT2D eigenvalue weighted by atomic mass is 19.4. The second-order valence-electron chi connectivity index (χ2n) is 6.94. The van der Waals surface area contributed by atoms with E-state index in [2.05, 4.69) is 10.2 Å². The van der Waals surface area contributed by atoms with Gasteiger partial charge in [-0.1, -0.05) is 18.2 Å². The largest absolute Gasteiger partial charge is 0.481 e. The summed E-state index contributed by atoms with van der Waals surface area (Å²) in [5, 5.41) is 17.9. The number of rotatable bonds is 4.